The molecule has 0 heterocycles. The first-order chi connectivity index (χ1) is 11.1. The molecule has 26 heavy (non-hydrogen) atoms. The Morgan fingerprint density at radius 3 is 1.27 bits per heavy atom. The summed E-state index contributed by atoms with van der Waals surface area (Å²) >= 11 is 0. The maximum absolute atomic E-state index is 2.21. The van der Waals surface area contributed by atoms with Crippen LogP contribution in [0.3, 0.4) is 0 Å². The minimum Gasteiger partial charge on any atom is -1.00 e. The summed E-state index contributed by atoms with van der Waals surface area (Å²) in [6.45, 7) is 8.67. The van der Waals surface area contributed by atoms with E-state index in [4.69, 9.17) is 0 Å². The van der Waals surface area contributed by atoms with Gasteiger partial charge in [-0.2, -0.15) is 12.1 Å². The summed E-state index contributed by atoms with van der Waals surface area (Å²) in [5, 5.41) is 5.39. The van der Waals surface area contributed by atoms with Gasteiger partial charge in [0.1, 0.15) is 0 Å². The molecule has 4 aromatic rings. The van der Waals surface area contributed by atoms with E-state index in [-0.39, 0.29) is 51.0 Å². The Hall–Kier alpha value is -0.660. The molecule has 135 valence electrons. The molecular formula is C22H25Cl2SiZr. The van der Waals surface area contributed by atoms with Gasteiger partial charge in [0.15, 0.2) is 0 Å². The van der Waals surface area contributed by atoms with Crippen molar-refractivity contribution in [2.45, 2.75) is 26.9 Å². The Bertz CT molecular complexity index is 726. The van der Waals surface area contributed by atoms with E-state index in [2.05, 4.69) is 99.7 Å². The Kier molecular flexibility index (Phi) is 15.3. The molecule has 0 fully saturated rings. The molecule has 0 unspecified atom stereocenters. The van der Waals surface area contributed by atoms with Crippen LogP contribution in [0, 0.1) is 13.8 Å². The summed E-state index contributed by atoms with van der Waals surface area (Å²) < 4.78 is 0. The Morgan fingerprint density at radius 2 is 0.962 bits per heavy atom. The Balaban J connectivity index is 0. The van der Waals surface area contributed by atoms with Gasteiger partial charge in [-0.1, -0.05) is 39.1 Å². The van der Waals surface area contributed by atoms with Gasteiger partial charge in [-0.3, -0.25) is 0 Å². The van der Waals surface area contributed by atoms with Crippen molar-refractivity contribution in [1.29, 1.82) is 0 Å². The second kappa shape index (κ2) is 14.4. The number of fused-ring (bicyclic) bond motifs is 2. The molecule has 0 N–H and O–H groups in total. The number of halogens is 2. The van der Waals surface area contributed by atoms with Gasteiger partial charge < -0.3 is 24.8 Å². The van der Waals surface area contributed by atoms with Crippen LogP contribution in [-0.4, -0.2) is 9.52 Å². The molecule has 0 aliphatic heterocycles. The number of benzene rings is 2. The van der Waals surface area contributed by atoms with Gasteiger partial charge in [0, 0.05) is 9.52 Å². The quantitative estimate of drug-likeness (QED) is 0.251. The summed E-state index contributed by atoms with van der Waals surface area (Å²) in [6, 6.07) is 25.7. The van der Waals surface area contributed by atoms with E-state index in [1.165, 1.54) is 32.7 Å². The molecule has 4 rings (SSSR count). The van der Waals surface area contributed by atoms with Crippen LogP contribution >= 0.6 is 0 Å². The monoisotopic (exact) mass is 477 g/mol. The van der Waals surface area contributed by atoms with E-state index in [1.807, 2.05) is 0 Å². The van der Waals surface area contributed by atoms with E-state index in [0.29, 0.717) is 0 Å². The van der Waals surface area contributed by atoms with Crippen LogP contribution in [0.25, 0.3) is 21.5 Å². The zero-order valence-corrected chi connectivity index (χ0v) is 20.9. The molecule has 0 amide bonds. The van der Waals surface area contributed by atoms with Gasteiger partial charge in [0.2, 0.25) is 0 Å². The molecular weight excluding hydrogens is 454 g/mol. The summed E-state index contributed by atoms with van der Waals surface area (Å²) in [6.07, 6.45) is 0. The van der Waals surface area contributed by atoms with Gasteiger partial charge in [-0.25, -0.2) is 0 Å². The molecule has 0 nitrogen and oxygen atoms in total. The van der Waals surface area contributed by atoms with Gasteiger partial charge in [-0.05, 0) is 0 Å². The van der Waals surface area contributed by atoms with Crippen LogP contribution in [0.5, 0.6) is 0 Å². The van der Waals surface area contributed by atoms with Gasteiger partial charge >= 0.3 is 26.2 Å². The van der Waals surface area contributed by atoms with E-state index in [0.717, 1.165) is 9.52 Å². The number of rotatable bonds is 0. The van der Waals surface area contributed by atoms with E-state index in [1.54, 1.807) is 0 Å². The number of aryl methyl sites for hydroxylation is 2. The number of hydrogen-bond acceptors (Lipinski definition) is 0. The summed E-state index contributed by atoms with van der Waals surface area (Å²) in [7, 11) is 0.750. The van der Waals surface area contributed by atoms with Crippen molar-refractivity contribution < 1.29 is 51.0 Å². The van der Waals surface area contributed by atoms with Crippen LogP contribution in [0.1, 0.15) is 11.1 Å². The minimum absolute atomic E-state index is 0. The van der Waals surface area contributed by atoms with E-state index < -0.39 is 0 Å². The second-order valence-corrected chi connectivity index (χ2v) is 7.06. The van der Waals surface area contributed by atoms with Crippen molar-refractivity contribution in [2.24, 2.45) is 0 Å². The largest absolute Gasteiger partial charge is 4.00 e. The van der Waals surface area contributed by atoms with Gasteiger partial charge in [0.25, 0.3) is 0 Å². The SMILES string of the molecule is C[SiH]C.Cc1cc2ccccc2[cH-]1.Cc1cc2ccccc2[cH-]1.[Cl-].[Cl-].[Zr+4]. The third-order valence-electron chi connectivity index (χ3n) is 3.52. The molecule has 0 atom stereocenters. The second-order valence-electron chi connectivity index (χ2n) is 5.90. The molecule has 0 saturated carbocycles. The molecule has 0 aliphatic carbocycles. The van der Waals surface area contributed by atoms with Crippen molar-refractivity contribution in [2.75, 3.05) is 0 Å². The minimum atomic E-state index is 0. The molecule has 0 saturated heterocycles. The molecule has 0 spiro atoms. The van der Waals surface area contributed by atoms with Crippen molar-refractivity contribution in [1.82, 2.24) is 0 Å². The first kappa shape index (κ1) is 27.6. The topological polar surface area (TPSA) is 0 Å². The Morgan fingerprint density at radius 1 is 0.654 bits per heavy atom. The molecule has 4 heteroatoms. The maximum atomic E-state index is 2.21. The summed E-state index contributed by atoms with van der Waals surface area (Å²) in [5.41, 5.74) is 2.70. The van der Waals surface area contributed by atoms with Crippen molar-refractivity contribution in [3.63, 3.8) is 0 Å². The van der Waals surface area contributed by atoms with Crippen LogP contribution < -0.4 is 24.8 Å². The average Bonchev–Trinajstić information content (AvgIpc) is 3.08. The Labute approximate surface area is 191 Å². The molecule has 0 aliphatic rings. The third-order valence-corrected chi connectivity index (χ3v) is 3.52. The van der Waals surface area contributed by atoms with Crippen LogP contribution in [0.4, 0.5) is 0 Å². The van der Waals surface area contributed by atoms with Crippen molar-refractivity contribution >= 4 is 31.1 Å². The normalized spacial score (nSPS) is 8.77. The molecule has 1 radical (unpaired) electrons. The third kappa shape index (κ3) is 8.35. The zero-order chi connectivity index (χ0) is 16.7. The van der Waals surface area contributed by atoms with Crippen LogP contribution in [0.15, 0.2) is 72.8 Å². The number of hydrogen-bond donors (Lipinski definition) is 0. The fourth-order valence-corrected chi connectivity index (χ4v) is 2.61. The fourth-order valence-electron chi connectivity index (χ4n) is 2.61. The predicted octanol–water partition coefficient (Wildman–Crippen LogP) is 0.259. The average molecular weight is 480 g/mol. The first-order valence-corrected chi connectivity index (χ1v) is 10.4. The summed E-state index contributed by atoms with van der Waals surface area (Å²) in [5.74, 6) is 0. The molecule has 0 aromatic heterocycles. The maximum Gasteiger partial charge on any atom is 4.00 e. The molecule has 4 aromatic carbocycles. The zero-order valence-electron chi connectivity index (χ0n) is 15.8. The standard InChI is InChI=1S/2C10H9.C2H7Si.2ClH.Zr/c2*1-8-6-9-4-2-3-5-10(9)7-8;1-3-2;;;/h2*2-7H,1H3;3H,1-2H3;2*1H;/q2*-1;;;;+4/p-2. The fraction of sp³-hybridized carbons (Fsp3) is 0.182. The smallest absolute Gasteiger partial charge is 1.00 e. The first-order valence-electron chi connectivity index (χ1n) is 8.12. The van der Waals surface area contributed by atoms with Crippen LogP contribution in [-0.2, 0) is 26.2 Å². The van der Waals surface area contributed by atoms with Crippen molar-refractivity contribution in [3.8, 4) is 0 Å². The van der Waals surface area contributed by atoms with Crippen LogP contribution in [0.2, 0.25) is 13.1 Å². The van der Waals surface area contributed by atoms with E-state index >= 15 is 0 Å². The van der Waals surface area contributed by atoms with E-state index in [9.17, 15) is 0 Å². The van der Waals surface area contributed by atoms with Gasteiger partial charge in [-0.15, -0.1) is 81.2 Å². The van der Waals surface area contributed by atoms with Crippen molar-refractivity contribution in [3.05, 3.63) is 83.9 Å². The molecule has 0 bridgehead atoms. The van der Waals surface area contributed by atoms with Gasteiger partial charge in [0.05, 0.1) is 0 Å². The summed E-state index contributed by atoms with van der Waals surface area (Å²) in [4.78, 5) is 0. The predicted molar refractivity (Wildman–Crippen MR) is 107 cm³/mol.